The van der Waals surface area contributed by atoms with E-state index in [1.54, 1.807) is 25.1 Å². The van der Waals surface area contributed by atoms with Gasteiger partial charge in [0.25, 0.3) is 0 Å². The molecule has 5 heteroatoms. The second kappa shape index (κ2) is 8.41. The first-order valence-corrected chi connectivity index (χ1v) is 8.00. The lowest BCUT2D eigenvalue weighted by atomic mass is 9.95. The Balaban J connectivity index is 1.88. The van der Waals surface area contributed by atoms with Crippen LogP contribution in [-0.2, 0) is 9.53 Å². The van der Waals surface area contributed by atoms with Gasteiger partial charge in [0.15, 0.2) is 0 Å². The predicted octanol–water partition coefficient (Wildman–Crippen LogP) is 2.72. The molecule has 0 radical (unpaired) electrons. The average Bonchev–Trinajstić information content (AvgIpc) is 2.54. The Morgan fingerprint density at radius 3 is 2.64 bits per heavy atom. The first kappa shape index (κ1) is 16.3. The molecule has 2 rings (SSSR count). The summed E-state index contributed by atoms with van der Waals surface area (Å²) >= 11 is 0. The number of rotatable bonds is 6. The van der Waals surface area contributed by atoms with Crippen LogP contribution in [-0.4, -0.2) is 31.1 Å². The summed E-state index contributed by atoms with van der Waals surface area (Å²) in [5.41, 5.74) is 1.08. The lowest BCUT2D eigenvalue weighted by Crippen LogP contribution is -2.39. The van der Waals surface area contributed by atoms with Crippen LogP contribution in [0.1, 0.15) is 49.4 Å². The second-order valence-electron chi connectivity index (χ2n) is 5.52. The molecular formula is C17H24N2O3. The lowest BCUT2D eigenvalue weighted by Gasteiger charge is -2.23. The summed E-state index contributed by atoms with van der Waals surface area (Å²) in [6.45, 7) is 2.26. The number of hydrogen-bond acceptors (Lipinski definition) is 4. The fraction of sp³-hybridized carbons (Fsp3) is 0.529. The van der Waals surface area contributed by atoms with E-state index in [0.29, 0.717) is 23.9 Å². The van der Waals surface area contributed by atoms with Crippen molar-refractivity contribution < 1.29 is 14.3 Å². The summed E-state index contributed by atoms with van der Waals surface area (Å²) in [5.74, 6) is -0.413. The van der Waals surface area contributed by atoms with Gasteiger partial charge in [-0.05, 0) is 31.9 Å². The summed E-state index contributed by atoms with van der Waals surface area (Å²) in [6.07, 6.45) is 5.75. The molecule has 2 N–H and O–H groups in total. The van der Waals surface area contributed by atoms with E-state index in [1.807, 2.05) is 6.07 Å². The summed E-state index contributed by atoms with van der Waals surface area (Å²) < 4.78 is 5.02. The lowest BCUT2D eigenvalue weighted by molar-refractivity contribution is -0.120. The summed E-state index contributed by atoms with van der Waals surface area (Å²) in [5, 5.41) is 6.07. The number of benzene rings is 1. The fourth-order valence-corrected chi connectivity index (χ4v) is 2.73. The monoisotopic (exact) mass is 304 g/mol. The highest BCUT2D eigenvalue weighted by Gasteiger charge is 2.16. The summed E-state index contributed by atoms with van der Waals surface area (Å²) in [4.78, 5) is 23.9. The van der Waals surface area contributed by atoms with E-state index >= 15 is 0 Å². The Hall–Kier alpha value is -2.04. The fourth-order valence-electron chi connectivity index (χ4n) is 2.73. The van der Waals surface area contributed by atoms with Crippen molar-refractivity contribution in [3.63, 3.8) is 0 Å². The van der Waals surface area contributed by atoms with E-state index in [9.17, 15) is 9.59 Å². The number of para-hydroxylation sites is 1. The van der Waals surface area contributed by atoms with Gasteiger partial charge in [-0.1, -0.05) is 31.4 Å². The first-order chi connectivity index (χ1) is 10.7. The normalized spacial score (nSPS) is 15.1. The molecule has 0 aromatic heterocycles. The van der Waals surface area contributed by atoms with Gasteiger partial charge in [-0.2, -0.15) is 0 Å². The van der Waals surface area contributed by atoms with Gasteiger partial charge >= 0.3 is 5.97 Å². The maximum absolute atomic E-state index is 12.0. The largest absolute Gasteiger partial charge is 0.462 e. The van der Waals surface area contributed by atoms with Gasteiger partial charge in [-0.15, -0.1) is 0 Å². The van der Waals surface area contributed by atoms with Crippen LogP contribution < -0.4 is 10.6 Å². The maximum Gasteiger partial charge on any atom is 0.340 e. The average molecular weight is 304 g/mol. The molecule has 1 saturated carbocycles. The molecule has 120 valence electrons. The Bertz CT molecular complexity index is 510. The third-order valence-electron chi connectivity index (χ3n) is 3.83. The molecule has 0 bridgehead atoms. The zero-order chi connectivity index (χ0) is 15.8. The first-order valence-electron chi connectivity index (χ1n) is 8.00. The van der Waals surface area contributed by atoms with Crippen molar-refractivity contribution in [3.8, 4) is 0 Å². The number of anilines is 1. The van der Waals surface area contributed by atoms with Crippen molar-refractivity contribution in [2.24, 2.45) is 0 Å². The van der Waals surface area contributed by atoms with Crippen molar-refractivity contribution in [2.45, 2.75) is 45.1 Å². The topological polar surface area (TPSA) is 67.4 Å². The Labute approximate surface area is 131 Å². The van der Waals surface area contributed by atoms with E-state index in [0.717, 1.165) is 12.8 Å². The van der Waals surface area contributed by atoms with Crippen LogP contribution in [0.3, 0.4) is 0 Å². The van der Waals surface area contributed by atoms with Gasteiger partial charge in [0, 0.05) is 11.7 Å². The zero-order valence-electron chi connectivity index (χ0n) is 13.1. The van der Waals surface area contributed by atoms with E-state index in [4.69, 9.17) is 4.74 Å². The maximum atomic E-state index is 12.0. The van der Waals surface area contributed by atoms with E-state index in [1.165, 1.54) is 19.3 Å². The quantitative estimate of drug-likeness (QED) is 0.793. The predicted molar refractivity (Wildman–Crippen MR) is 85.9 cm³/mol. The molecule has 5 nitrogen and oxygen atoms in total. The summed E-state index contributed by atoms with van der Waals surface area (Å²) in [6, 6.07) is 7.37. The number of nitrogens with one attached hydrogen (secondary N) is 2. The molecule has 0 saturated heterocycles. The van der Waals surface area contributed by atoms with Crippen LogP contribution in [0.25, 0.3) is 0 Å². The molecular weight excluding hydrogens is 280 g/mol. The van der Waals surface area contributed by atoms with Gasteiger partial charge in [-0.3, -0.25) is 4.79 Å². The SMILES string of the molecule is CCOC(=O)c1ccccc1NCC(=O)NC1CCCCC1. The van der Waals surface area contributed by atoms with Gasteiger partial charge in [0.2, 0.25) is 5.91 Å². The van der Waals surface area contributed by atoms with Crippen molar-refractivity contribution >= 4 is 17.6 Å². The number of hydrogen-bond donors (Lipinski definition) is 2. The molecule has 1 aromatic carbocycles. The molecule has 22 heavy (non-hydrogen) atoms. The van der Waals surface area contributed by atoms with Crippen molar-refractivity contribution in [1.29, 1.82) is 0 Å². The van der Waals surface area contributed by atoms with Crippen molar-refractivity contribution in [2.75, 3.05) is 18.5 Å². The van der Waals surface area contributed by atoms with E-state index in [2.05, 4.69) is 10.6 Å². The van der Waals surface area contributed by atoms with Gasteiger partial charge in [0.1, 0.15) is 0 Å². The van der Waals surface area contributed by atoms with Crippen molar-refractivity contribution in [1.82, 2.24) is 5.32 Å². The Kier molecular flexibility index (Phi) is 6.25. The number of carbonyl (C=O) groups is 2. The van der Waals surface area contributed by atoms with Crippen LogP contribution in [0.4, 0.5) is 5.69 Å². The molecule has 1 aliphatic carbocycles. The van der Waals surface area contributed by atoms with Crippen LogP contribution in [0.15, 0.2) is 24.3 Å². The molecule has 1 amide bonds. The number of esters is 1. The van der Waals surface area contributed by atoms with Crippen LogP contribution in [0.5, 0.6) is 0 Å². The molecule has 0 aliphatic heterocycles. The highest BCUT2D eigenvalue weighted by molar-refractivity contribution is 5.96. The zero-order valence-corrected chi connectivity index (χ0v) is 13.1. The number of carbonyl (C=O) groups excluding carboxylic acids is 2. The standard InChI is InChI=1S/C17H24N2O3/c1-2-22-17(21)14-10-6-7-11-15(14)18-12-16(20)19-13-8-4-3-5-9-13/h6-7,10-11,13,18H,2-5,8-9,12H2,1H3,(H,19,20). The minimum Gasteiger partial charge on any atom is -0.462 e. The molecule has 1 aromatic rings. The minimum atomic E-state index is -0.377. The van der Waals surface area contributed by atoms with Crippen LogP contribution in [0, 0.1) is 0 Å². The van der Waals surface area contributed by atoms with Crippen molar-refractivity contribution in [3.05, 3.63) is 29.8 Å². The van der Waals surface area contributed by atoms with Crippen LogP contribution in [0.2, 0.25) is 0 Å². The van der Waals surface area contributed by atoms with E-state index in [-0.39, 0.29) is 18.4 Å². The highest BCUT2D eigenvalue weighted by atomic mass is 16.5. The van der Waals surface area contributed by atoms with Gasteiger partial charge in [0.05, 0.1) is 18.7 Å². The smallest absolute Gasteiger partial charge is 0.340 e. The van der Waals surface area contributed by atoms with Gasteiger partial charge in [-0.25, -0.2) is 4.79 Å². The molecule has 1 fully saturated rings. The molecule has 0 spiro atoms. The Morgan fingerprint density at radius 1 is 1.18 bits per heavy atom. The van der Waals surface area contributed by atoms with E-state index < -0.39 is 0 Å². The number of amides is 1. The minimum absolute atomic E-state index is 0.0365. The third-order valence-corrected chi connectivity index (χ3v) is 3.83. The Morgan fingerprint density at radius 2 is 1.91 bits per heavy atom. The molecule has 1 aliphatic rings. The molecule has 0 atom stereocenters. The molecule has 0 unspecified atom stereocenters. The highest BCUT2D eigenvalue weighted by Crippen LogP contribution is 2.18. The van der Waals surface area contributed by atoms with Gasteiger partial charge < -0.3 is 15.4 Å². The third kappa shape index (κ3) is 4.76. The summed E-state index contributed by atoms with van der Waals surface area (Å²) in [7, 11) is 0. The van der Waals surface area contributed by atoms with Crippen LogP contribution >= 0.6 is 0 Å². The second-order valence-corrected chi connectivity index (χ2v) is 5.52. The molecule has 0 heterocycles. The number of ether oxygens (including phenoxy) is 1.